The molecular formula is C15H12ClNO. The first kappa shape index (κ1) is 11.3. The largest absolute Gasteiger partial charge is 0.459 e. The maximum Gasteiger partial charge on any atom is 0.134 e. The molecule has 0 amide bonds. The van der Waals surface area contributed by atoms with Crippen LogP contribution in [0.3, 0.4) is 0 Å². The number of hydrogen-bond donors (Lipinski definition) is 1. The summed E-state index contributed by atoms with van der Waals surface area (Å²) in [6, 6.07) is 17.1. The molecule has 0 aliphatic carbocycles. The molecule has 0 spiro atoms. The molecule has 0 fully saturated rings. The Balaban J connectivity index is 2.03. The van der Waals surface area contributed by atoms with Crippen LogP contribution in [0.25, 0.3) is 11.0 Å². The predicted octanol–water partition coefficient (Wildman–Crippen LogP) is 4.13. The van der Waals surface area contributed by atoms with Crippen molar-refractivity contribution in [2.75, 3.05) is 0 Å². The molecule has 90 valence electrons. The van der Waals surface area contributed by atoms with Crippen molar-refractivity contribution in [3.05, 3.63) is 70.9 Å². The lowest BCUT2D eigenvalue weighted by molar-refractivity contribution is 0.525. The summed E-state index contributed by atoms with van der Waals surface area (Å²) in [5.74, 6) is 0.749. The summed E-state index contributed by atoms with van der Waals surface area (Å²) in [5, 5.41) is 1.74. The number of hydrogen-bond acceptors (Lipinski definition) is 2. The van der Waals surface area contributed by atoms with Gasteiger partial charge >= 0.3 is 0 Å². The molecule has 1 heterocycles. The van der Waals surface area contributed by atoms with Crippen LogP contribution in [0.4, 0.5) is 0 Å². The van der Waals surface area contributed by atoms with Crippen LogP contribution in [0.1, 0.15) is 17.4 Å². The van der Waals surface area contributed by atoms with Crippen LogP contribution < -0.4 is 5.73 Å². The Hall–Kier alpha value is -1.77. The summed E-state index contributed by atoms with van der Waals surface area (Å²) in [6.07, 6.45) is 0. The summed E-state index contributed by atoms with van der Waals surface area (Å²) in [5.41, 5.74) is 7.99. The second-order valence-electron chi connectivity index (χ2n) is 4.22. The third kappa shape index (κ3) is 2.01. The summed E-state index contributed by atoms with van der Waals surface area (Å²) in [4.78, 5) is 0. The lowest BCUT2D eigenvalue weighted by Crippen LogP contribution is -2.10. The summed E-state index contributed by atoms with van der Waals surface area (Å²) in [6.45, 7) is 0. The highest BCUT2D eigenvalue weighted by Gasteiger charge is 2.14. The Morgan fingerprint density at radius 1 is 1.00 bits per heavy atom. The van der Waals surface area contributed by atoms with Crippen molar-refractivity contribution in [1.29, 1.82) is 0 Å². The molecule has 0 saturated carbocycles. The molecule has 0 bridgehead atoms. The molecule has 3 heteroatoms. The summed E-state index contributed by atoms with van der Waals surface area (Å²) >= 11 is 5.97. The number of benzene rings is 2. The normalized spacial score (nSPS) is 12.8. The van der Waals surface area contributed by atoms with Crippen molar-refractivity contribution in [2.45, 2.75) is 6.04 Å². The first-order valence-corrected chi connectivity index (χ1v) is 6.11. The van der Waals surface area contributed by atoms with E-state index in [4.69, 9.17) is 21.8 Å². The quantitative estimate of drug-likeness (QED) is 0.750. The van der Waals surface area contributed by atoms with E-state index in [0.29, 0.717) is 5.02 Å². The van der Waals surface area contributed by atoms with Gasteiger partial charge in [0.05, 0.1) is 6.04 Å². The Kier molecular flexibility index (Phi) is 2.82. The Bertz CT molecular complexity index is 657. The second kappa shape index (κ2) is 4.48. The zero-order valence-electron chi connectivity index (χ0n) is 9.64. The van der Waals surface area contributed by atoms with Crippen molar-refractivity contribution >= 4 is 22.6 Å². The van der Waals surface area contributed by atoms with E-state index in [9.17, 15) is 0 Å². The number of para-hydroxylation sites is 1. The average molecular weight is 258 g/mol. The van der Waals surface area contributed by atoms with Crippen LogP contribution in [-0.4, -0.2) is 0 Å². The molecule has 1 aromatic heterocycles. The van der Waals surface area contributed by atoms with E-state index in [1.54, 1.807) is 0 Å². The summed E-state index contributed by atoms with van der Waals surface area (Å²) in [7, 11) is 0. The number of fused-ring (bicyclic) bond motifs is 1. The fourth-order valence-electron chi connectivity index (χ4n) is 2.02. The van der Waals surface area contributed by atoms with E-state index in [1.165, 1.54) is 0 Å². The minimum Gasteiger partial charge on any atom is -0.459 e. The van der Waals surface area contributed by atoms with Gasteiger partial charge in [-0.15, -0.1) is 0 Å². The molecule has 2 nitrogen and oxygen atoms in total. The van der Waals surface area contributed by atoms with Crippen LogP contribution in [0, 0.1) is 0 Å². The molecule has 2 N–H and O–H groups in total. The number of furan rings is 1. The molecule has 1 unspecified atom stereocenters. The van der Waals surface area contributed by atoms with Crippen LogP contribution in [0.15, 0.2) is 59.0 Å². The highest BCUT2D eigenvalue weighted by atomic mass is 35.5. The minimum absolute atomic E-state index is 0.295. The van der Waals surface area contributed by atoms with Gasteiger partial charge in [0.2, 0.25) is 0 Å². The fraction of sp³-hybridized carbons (Fsp3) is 0.0667. The maximum absolute atomic E-state index is 6.20. The van der Waals surface area contributed by atoms with E-state index < -0.39 is 0 Å². The van der Waals surface area contributed by atoms with Crippen LogP contribution in [-0.2, 0) is 0 Å². The molecule has 0 saturated heterocycles. The molecule has 2 aromatic carbocycles. The van der Waals surface area contributed by atoms with Crippen molar-refractivity contribution in [2.24, 2.45) is 5.73 Å². The van der Waals surface area contributed by atoms with E-state index in [2.05, 4.69) is 0 Å². The predicted molar refractivity (Wildman–Crippen MR) is 73.7 cm³/mol. The van der Waals surface area contributed by atoms with Crippen LogP contribution in [0.5, 0.6) is 0 Å². The topological polar surface area (TPSA) is 39.2 Å². The smallest absolute Gasteiger partial charge is 0.134 e. The second-order valence-corrected chi connectivity index (χ2v) is 4.66. The standard InChI is InChI=1S/C15H12ClNO/c16-12-6-3-5-11(8-12)15(17)14-9-10-4-1-2-7-13(10)18-14/h1-9,15H,17H2. The van der Waals surface area contributed by atoms with Gasteiger partial charge in [-0.2, -0.15) is 0 Å². The Morgan fingerprint density at radius 2 is 1.83 bits per heavy atom. The summed E-state index contributed by atoms with van der Waals surface area (Å²) < 4.78 is 5.76. The van der Waals surface area contributed by atoms with E-state index in [1.807, 2.05) is 54.6 Å². The highest BCUT2D eigenvalue weighted by Crippen LogP contribution is 2.27. The van der Waals surface area contributed by atoms with Gasteiger partial charge in [0.25, 0.3) is 0 Å². The van der Waals surface area contributed by atoms with E-state index in [0.717, 1.165) is 22.3 Å². The molecule has 3 aromatic rings. The van der Waals surface area contributed by atoms with Gasteiger partial charge in [0, 0.05) is 10.4 Å². The van der Waals surface area contributed by atoms with E-state index >= 15 is 0 Å². The zero-order chi connectivity index (χ0) is 12.5. The SMILES string of the molecule is NC(c1cccc(Cl)c1)c1cc2ccccc2o1. The van der Waals surface area contributed by atoms with Crippen molar-refractivity contribution in [1.82, 2.24) is 0 Å². The molecule has 1 atom stereocenters. The van der Waals surface area contributed by atoms with Crippen molar-refractivity contribution < 1.29 is 4.42 Å². The molecule has 0 aliphatic heterocycles. The lowest BCUT2D eigenvalue weighted by Gasteiger charge is -2.08. The molecule has 3 rings (SSSR count). The van der Waals surface area contributed by atoms with Crippen LogP contribution in [0.2, 0.25) is 5.02 Å². The average Bonchev–Trinajstić information content (AvgIpc) is 2.81. The number of rotatable bonds is 2. The minimum atomic E-state index is -0.295. The third-order valence-corrected chi connectivity index (χ3v) is 3.19. The maximum atomic E-state index is 6.20. The monoisotopic (exact) mass is 257 g/mol. The molecule has 0 aliphatic rings. The van der Waals surface area contributed by atoms with Gasteiger partial charge in [0.15, 0.2) is 0 Å². The molecular weight excluding hydrogens is 246 g/mol. The lowest BCUT2D eigenvalue weighted by atomic mass is 10.1. The van der Waals surface area contributed by atoms with E-state index in [-0.39, 0.29) is 6.04 Å². The van der Waals surface area contributed by atoms with Gasteiger partial charge in [-0.25, -0.2) is 0 Å². The van der Waals surface area contributed by atoms with Gasteiger partial charge in [-0.05, 0) is 29.8 Å². The van der Waals surface area contributed by atoms with Gasteiger partial charge in [-0.3, -0.25) is 0 Å². The first-order chi connectivity index (χ1) is 8.74. The van der Waals surface area contributed by atoms with Gasteiger partial charge in [0.1, 0.15) is 11.3 Å². The number of nitrogens with two attached hydrogens (primary N) is 1. The first-order valence-electron chi connectivity index (χ1n) is 5.73. The Morgan fingerprint density at radius 3 is 2.61 bits per heavy atom. The van der Waals surface area contributed by atoms with Crippen molar-refractivity contribution in [3.8, 4) is 0 Å². The molecule has 0 radical (unpaired) electrons. The number of halogens is 1. The van der Waals surface area contributed by atoms with Gasteiger partial charge < -0.3 is 10.2 Å². The third-order valence-electron chi connectivity index (χ3n) is 2.96. The highest BCUT2D eigenvalue weighted by molar-refractivity contribution is 6.30. The fourth-order valence-corrected chi connectivity index (χ4v) is 2.22. The van der Waals surface area contributed by atoms with Crippen molar-refractivity contribution in [3.63, 3.8) is 0 Å². The Labute approximate surface area is 110 Å². The van der Waals surface area contributed by atoms with Gasteiger partial charge in [-0.1, -0.05) is 41.9 Å². The zero-order valence-corrected chi connectivity index (χ0v) is 10.4. The van der Waals surface area contributed by atoms with Crippen LogP contribution >= 0.6 is 11.6 Å². The molecule has 18 heavy (non-hydrogen) atoms.